The fourth-order valence-electron chi connectivity index (χ4n) is 3.82. The summed E-state index contributed by atoms with van der Waals surface area (Å²) >= 11 is 0. The van der Waals surface area contributed by atoms with Crippen molar-refractivity contribution in [3.05, 3.63) is 59.7 Å². The van der Waals surface area contributed by atoms with Crippen LogP contribution >= 0.6 is 0 Å². The molecule has 1 unspecified atom stereocenters. The Hall–Kier alpha value is -2.53. The van der Waals surface area contributed by atoms with Gasteiger partial charge in [0.2, 0.25) is 0 Å². The van der Waals surface area contributed by atoms with Crippen molar-refractivity contribution in [3.8, 4) is 11.5 Å². The molecule has 0 spiro atoms. The number of amides is 1. The smallest absolute Gasteiger partial charge is 0.285 e. The van der Waals surface area contributed by atoms with Crippen LogP contribution in [-0.2, 0) is 11.3 Å². The monoisotopic (exact) mass is 369 g/mol. The lowest BCUT2D eigenvalue weighted by Crippen LogP contribution is -3.09. The number of carbonyl (C=O) groups excluding carboxylic acids is 1. The highest BCUT2D eigenvalue weighted by Gasteiger charge is 2.34. The summed E-state index contributed by atoms with van der Waals surface area (Å²) in [6.45, 7) is 2.46. The molecular weight excluding hydrogens is 340 g/mol. The Bertz CT molecular complexity index is 757. The second kappa shape index (κ2) is 8.91. The van der Waals surface area contributed by atoms with Gasteiger partial charge in [0.1, 0.15) is 6.54 Å². The van der Waals surface area contributed by atoms with E-state index < -0.39 is 0 Å². The van der Waals surface area contributed by atoms with Crippen LogP contribution in [0.2, 0.25) is 0 Å². The van der Waals surface area contributed by atoms with E-state index in [2.05, 4.69) is 19.2 Å². The van der Waals surface area contributed by atoms with Gasteiger partial charge >= 0.3 is 0 Å². The Labute approximate surface area is 161 Å². The van der Waals surface area contributed by atoms with Crippen molar-refractivity contribution in [1.82, 2.24) is 4.90 Å². The fraction of sp³-hybridized carbons (Fsp3) is 0.409. The summed E-state index contributed by atoms with van der Waals surface area (Å²) in [7, 11) is 5.36. The van der Waals surface area contributed by atoms with E-state index in [0.29, 0.717) is 11.5 Å². The number of nitrogens with one attached hydrogen (secondary N) is 1. The van der Waals surface area contributed by atoms with Crippen LogP contribution in [0.25, 0.3) is 0 Å². The van der Waals surface area contributed by atoms with Gasteiger partial charge in [0.05, 0.1) is 21.3 Å². The summed E-state index contributed by atoms with van der Waals surface area (Å²) in [4.78, 5) is 16.4. The number of nitrogens with zero attached hydrogens (tertiary/aromatic N) is 1. The van der Waals surface area contributed by atoms with E-state index in [9.17, 15) is 4.79 Å². The fourth-order valence-corrected chi connectivity index (χ4v) is 3.82. The molecule has 1 amide bonds. The third kappa shape index (κ3) is 4.42. The molecule has 3 rings (SSSR count). The molecule has 2 aromatic rings. The van der Waals surface area contributed by atoms with Crippen LogP contribution in [0.5, 0.6) is 11.5 Å². The standard InChI is InChI=1S/C22H28N2O3/c1-23(16-17-11-12-19(26-2)20(15-17)27-3)21(18-9-5-4-6-10-18)22(25)24-13-7-8-14-24/h4-6,9-12,15,21H,7-8,13-14,16H2,1-3H3/p+1/t21-/m1/s1. The Morgan fingerprint density at radius 3 is 2.33 bits per heavy atom. The number of quaternary nitrogens is 1. The normalized spacial score (nSPS) is 16.0. The van der Waals surface area contributed by atoms with E-state index in [0.717, 1.165) is 48.5 Å². The molecule has 0 bridgehead atoms. The number of ether oxygens (including phenoxy) is 2. The first-order chi connectivity index (χ1) is 13.1. The van der Waals surface area contributed by atoms with Crippen molar-refractivity contribution in [2.45, 2.75) is 25.4 Å². The third-order valence-corrected chi connectivity index (χ3v) is 5.22. The summed E-state index contributed by atoms with van der Waals surface area (Å²) in [5.41, 5.74) is 2.17. The van der Waals surface area contributed by atoms with Crippen molar-refractivity contribution >= 4 is 5.91 Å². The number of benzene rings is 2. The number of likely N-dealkylation sites (tertiary alicyclic amines) is 1. The van der Waals surface area contributed by atoms with Crippen molar-refractivity contribution in [2.24, 2.45) is 0 Å². The second-order valence-corrected chi connectivity index (χ2v) is 7.09. The molecule has 5 heteroatoms. The number of hydrogen-bond donors (Lipinski definition) is 1. The van der Waals surface area contributed by atoms with Gasteiger partial charge in [-0.1, -0.05) is 30.3 Å². The molecular formula is C22H29N2O3+. The average Bonchev–Trinajstić information content (AvgIpc) is 3.23. The lowest BCUT2D eigenvalue weighted by molar-refractivity contribution is -0.916. The Kier molecular flexibility index (Phi) is 6.35. The summed E-state index contributed by atoms with van der Waals surface area (Å²) in [5.74, 6) is 1.65. The zero-order valence-corrected chi connectivity index (χ0v) is 16.4. The maximum atomic E-state index is 13.3. The minimum Gasteiger partial charge on any atom is -0.493 e. The molecule has 1 N–H and O–H groups in total. The van der Waals surface area contributed by atoms with E-state index in [1.165, 1.54) is 0 Å². The van der Waals surface area contributed by atoms with Gasteiger partial charge in [-0.25, -0.2) is 0 Å². The predicted molar refractivity (Wildman–Crippen MR) is 105 cm³/mol. The Morgan fingerprint density at radius 1 is 1.04 bits per heavy atom. The van der Waals surface area contributed by atoms with Gasteiger partial charge in [-0.2, -0.15) is 0 Å². The number of methoxy groups -OCH3 is 2. The zero-order valence-electron chi connectivity index (χ0n) is 16.4. The van der Waals surface area contributed by atoms with Gasteiger partial charge in [-0.3, -0.25) is 4.79 Å². The average molecular weight is 369 g/mol. The summed E-state index contributed by atoms with van der Waals surface area (Å²) in [5, 5.41) is 0. The summed E-state index contributed by atoms with van der Waals surface area (Å²) in [6, 6.07) is 15.8. The predicted octanol–water partition coefficient (Wildman–Crippen LogP) is 2.08. The molecule has 0 radical (unpaired) electrons. The first-order valence-electron chi connectivity index (χ1n) is 9.51. The highest BCUT2D eigenvalue weighted by atomic mass is 16.5. The second-order valence-electron chi connectivity index (χ2n) is 7.09. The number of carbonyl (C=O) groups is 1. The van der Waals surface area contributed by atoms with Crippen LogP contribution in [0.15, 0.2) is 48.5 Å². The Morgan fingerprint density at radius 2 is 1.70 bits per heavy atom. The number of rotatable bonds is 7. The minimum atomic E-state index is -0.211. The van der Waals surface area contributed by atoms with Crippen LogP contribution in [0, 0.1) is 0 Å². The molecule has 0 saturated carbocycles. The largest absolute Gasteiger partial charge is 0.493 e. The summed E-state index contributed by atoms with van der Waals surface area (Å²) < 4.78 is 10.7. The van der Waals surface area contributed by atoms with E-state index in [-0.39, 0.29) is 11.9 Å². The van der Waals surface area contributed by atoms with Crippen LogP contribution in [0.3, 0.4) is 0 Å². The van der Waals surface area contributed by atoms with Gasteiger partial charge in [-0.15, -0.1) is 0 Å². The van der Waals surface area contributed by atoms with Gasteiger partial charge in [0.25, 0.3) is 5.91 Å². The van der Waals surface area contributed by atoms with Crippen molar-refractivity contribution in [1.29, 1.82) is 0 Å². The number of hydrogen-bond acceptors (Lipinski definition) is 3. The van der Waals surface area contributed by atoms with Gasteiger partial charge in [0.15, 0.2) is 17.5 Å². The molecule has 1 fully saturated rings. The lowest BCUT2D eigenvalue weighted by Gasteiger charge is -2.28. The SMILES string of the molecule is COc1ccc(C[NH+](C)[C@@H](C(=O)N2CCCC2)c2ccccc2)cc1OC. The minimum absolute atomic E-state index is 0.211. The lowest BCUT2D eigenvalue weighted by atomic mass is 10.0. The van der Waals surface area contributed by atoms with Crippen LogP contribution in [0.1, 0.15) is 30.0 Å². The highest BCUT2D eigenvalue weighted by molar-refractivity contribution is 5.82. The van der Waals surface area contributed by atoms with Crippen molar-refractivity contribution in [3.63, 3.8) is 0 Å². The molecule has 1 aliphatic rings. The molecule has 2 atom stereocenters. The van der Waals surface area contributed by atoms with Crippen LogP contribution in [0.4, 0.5) is 0 Å². The van der Waals surface area contributed by atoms with E-state index in [1.54, 1.807) is 14.2 Å². The molecule has 144 valence electrons. The topological polar surface area (TPSA) is 43.2 Å². The van der Waals surface area contributed by atoms with Gasteiger partial charge < -0.3 is 19.3 Å². The molecule has 2 aromatic carbocycles. The maximum absolute atomic E-state index is 13.3. The molecule has 27 heavy (non-hydrogen) atoms. The zero-order chi connectivity index (χ0) is 19.2. The maximum Gasteiger partial charge on any atom is 0.285 e. The van der Waals surface area contributed by atoms with Gasteiger partial charge in [-0.05, 0) is 31.0 Å². The van der Waals surface area contributed by atoms with E-state index in [4.69, 9.17) is 9.47 Å². The first kappa shape index (κ1) is 19.2. The molecule has 0 aromatic heterocycles. The third-order valence-electron chi connectivity index (χ3n) is 5.22. The summed E-state index contributed by atoms with van der Waals surface area (Å²) in [6.07, 6.45) is 2.20. The van der Waals surface area contributed by atoms with Crippen molar-refractivity contribution < 1.29 is 19.2 Å². The first-order valence-corrected chi connectivity index (χ1v) is 9.51. The molecule has 1 heterocycles. The quantitative estimate of drug-likeness (QED) is 0.813. The van der Waals surface area contributed by atoms with Crippen LogP contribution in [-0.4, -0.2) is 45.2 Å². The molecule has 5 nitrogen and oxygen atoms in total. The molecule has 1 aliphatic heterocycles. The van der Waals surface area contributed by atoms with Crippen molar-refractivity contribution in [2.75, 3.05) is 34.4 Å². The molecule has 0 aliphatic carbocycles. The highest BCUT2D eigenvalue weighted by Crippen LogP contribution is 2.27. The van der Waals surface area contributed by atoms with E-state index >= 15 is 0 Å². The van der Waals surface area contributed by atoms with Crippen LogP contribution < -0.4 is 14.4 Å². The number of likely N-dealkylation sites (N-methyl/N-ethyl adjacent to an activating group) is 1. The van der Waals surface area contributed by atoms with Gasteiger partial charge in [0, 0.05) is 24.2 Å². The molecule has 1 saturated heterocycles. The Balaban J connectivity index is 1.84. The van der Waals surface area contributed by atoms with E-state index in [1.807, 2.05) is 41.3 Å².